The fourth-order valence-electron chi connectivity index (χ4n) is 3.09. The molecule has 1 amide bonds. The van der Waals surface area contributed by atoms with Gasteiger partial charge < -0.3 is 19.5 Å². The molecule has 8 nitrogen and oxygen atoms in total. The van der Waals surface area contributed by atoms with Crippen LogP contribution in [0.3, 0.4) is 0 Å². The third-order valence-electron chi connectivity index (χ3n) is 4.43. The van der Waals surface area contributed by atoms with E-state index in [1.54, 1.807) is 31.4 Å². The van der Waals surface area contributed by atoms with Crippen molar-refractivity contribution >= 4 is 33.3 Å². The van der Waals surface area contributed by atoms with Crippen molar-refractivity contribution in [3.8, 4) is 0 Å². The number of rotatable bonds is 4. The van der Waals surface area contributed by atoms with Gasteiger partial charge in [0.1, 0.15) is 16.3 Å². The summed E-state index contributed by atoms with van der Waals surface area (Å²) in [5, 5.41) is 1.83. The molecule has 0 atom stereocenters. The minimum atomic E-state index is -0.179. The van der Waals surface area contributed by atoms with Crippen LogP contribution < -0.4 is 10.5 Å². The van der Waals surface area contributed by atoms with Crippen LogP contribution in [0, 0.1) is 0 Å². The molecule has 1 aliphatic rings. The fraction of sp³-hybridized carbons (Fsp3) is 0.333. The van der Waals surface area contributed by atoms with E-state index in [1.807, 2.05) is 5.38 Å². The van der Waals surface area contributed by atoms with E-state index in [-0.39, 0.29) is 18.0 Å². The molecule has 3 aromatic rings. The number of ether oxygens (including phenoxy) is 1. The Labute approximate surface area is 159 Å². The van der Waals surface area contributed by atoms with Crippen LogP contribution in [-0.4, -0.2) is 59.1 Å². The van der Waals surface area contributed by atoms with E-state index in [4.69, 9.17) is 4.74 Å². The van der Waals surface area contributed by atoms with Crippen molar-refractivity contribution in [3.05, 3.63) is 51.5 Å². The molecule has 0 unspecified atom stereocenters. The number of carbonyl (C=O) groups is 1. The van der Waals surface area contributed by atoms with Gasteiger partial charge in [0.2, 0.25) is 0 Å². The van der Waals surface area contributed by atoms with Gasteiger partial charge in [-0.15, -0.1) is 11.3 Å². The van der Waals surface area contributed by atoms with Crippen LogP contribution in [-0.2, 0) is 11.3 Å². The monoisotopic (exact) mass is 385 g/mol. The van der Waals surface area contributed by atoms with Crippen LogP contribution in [0.25, 0.3) is 10.2 Å². The van der Waals surface area contributed by atoms with Crippen LogP contribution in [0.5, 0.6) is 0 Å². The van der Waals surface area contributed by atoms with E-state index in [0.717, 1.165) is 0 Å². The highest BCUT2D eigenvalue weighted by molar-refractivity contribution is 7.17. The zero-order valence-corrected chi connectivity index (χ0v) is 15.7. The Morgan fingerprint density at radius 3 is 3.00 bits per heavy atom. The van der Waals surface area contributed by atoms with Crippen LogP contribution in [0.1, 0.15) is 16.2 Å². The highest BCUT2D eigenvalue weighted by atomic mass is 32.1. The van der Waals surface area contributed by atoms with Crippen LogP contribution in [0.2, 0.25) is 0 Å². The molecule has 140 valence electrons. The normalized spacial score (nSPS) is 14.5. The summed E-state index contributed by atoms with van der Waals surface area (Å²) in [6.45, 7) is 2.84. The Kier molecular flexibility index (Phi) is 4.87. The number of nitrogens with one attached hydrogen (secondary N) is 1. The summed E-state index contributed by atoms with van der Waals surface area (Å²) in [6, 6.07) is 5.33. The number of aromatic nitrogens is 3. The van der Waals surface area contributed by atoms with Crippen molar-refractivity contribution in [2.75, 3.05) is 38.3 Å². The Balaban J connectivity index is 1.57. The Morgan fingerprint density at radius 1 is 1.37 bits per heavy atom. The predicted octanol–water partition coefficient (Wildman–Crippen LogP) is 1.49. The van der Waals surface area contributed by atoms with E-state index in [1.165, 1.54) is 16.2 Å². The second-order valence-corrected chi connectivity index (χ2v) is 7.20. The van der Waals surface area contributed by atoms with Crippen molar-refractivity contribution in [1.82, 2.24) is 19.9 Å². The van der Waals surface area contributed by atoms with Crippen LogP contribution in [0.15, 0.2) is 34.6 Å². The molecule has 0 spiro atoms. The smallest absolute Gasteiger partial charge is 0.268 e. The van der Waals surface area contributed by atoms with E-state index >= 15 is 0 Å². The number of amides is 1. The number of aromatic amines is 1. The average molecular weight is 385 g/mol. The molecule has 9 heteroatoms. The molecule has 1 saturated heterocycles. The van der Waals surface area contributed by atoms with Gasteiger partial charge >= 0.3 is 0 Å². The van der Waals surface area contributed by atoms with Crippen molar-refractivity contribution in [2.45, 2.75) is 6.54 Å². The first-order chi connectivity index (χ1) is 13.1. The number of hydrogen-bond donors (Lipinski definition) is 1. The predicted molar refractivity (Wildman–Crippen MR) is 103 cm³/mol. The maximum absolute atomic E-state index is 13.0. The number of H-pyrrole nitrogens is 1. The maximum Gasteiger partial charge on any atom is 0.268 e. The van der Waals surface area contributed by atoms with Crippen molar-refractivity contribution < 1.29 is 9.53 Å². The minimum Gasteiger partial charge on any atom is -0.378 e. The molecule has 0 aromatic carbocycles. The van der Waals surface area contributed by atoms with E-state index in [0.29, 0.717) is 53.7 Å². The van der Waals surface area contributed by atoms with Crippen LogP contribution in [0.4, 0.5) is 5.82 Å². The number of anilines is 1. The topological polar surface area (TPSA) is 91.4 Å². The number of hydrogen-bond acceptors (Lipinski definition) is 7. The summed E-state index contributed by atoms with van der Waals surface area (Å²) in [7, 11) is 1.69. The van der Waals surface area contributed by atoms with E-state index in [2.05, 4.69) is 19.9 Å². The Bertz CT molecular complexity index is 1030. The molecule has 27 heavy (non-hydrogen) atoms. The first kappa shape index (κ1) is 17.6. The van der Waals surface area contributed by atoms with Gasteiger partial charge in [0.25, 0.3) is 11.5 Å². The number of morpholine rings is 1. The average Bonchev–Trinajstić information content (AvgIpc) is 3.17. The quantitative estimate of drug-likeness (QED) is 0.732. The second kappa shape index (κ2) is 7.45. The third kappa shape index (κ3) is 3.56. The summed E-state index contributed by atoms with van der Waals surface area (Å²) in [5.41, 5.74) is 0.997. The molecular weight excluding hydrogens is 366 g/mol. The maximum atomic E-state index is 13.0. The zero-order chi connectivity index (χ0) is 18.8. The summed E-state index contributed by atoms with van der Waals surface area (Å²) >= 11 is 1.35. The molecule has 1 fully saturated rings. The summed E-state index contributed by atoms with van der Waals surface area (Å²) in [4.78, 5) is 40.4. The first-order valence-corrected chi connectivity index (χ1v) is 9.51. The summed E-state index contributed by atoms with van der Waals surface area (Å²) in [5.74, 6) is 0.948. The zero-order valence-electron chi connectivity index (χ0n) is 14.8. The first-order valence-electron chi connectivity index (χ1n) is 8.63. The fourth-order valence-corrected chi connectivity index (χ4v) is 3.82. The molecule has 0 radical (unpaired) electrons. The van der Waals surface area contributed by atoms with Crippen molar-refractivity contribution in [2.24, 2.45) is 0 Å². The van der Waals surface area contributed by atoms with Gasteiger partial charge in [0.05, 0.1) is 30.8 Å². The SMILES string of the molecule is CN(Cc1nc2ccsc2c(=O)[nH]1)C(=O)c1cccnc1N1CCOCC1. The Morgan fingerprint density at radius 2 is 2.19 bits per heavy atom. The van der Waals surface area contributed by atoms with Gasteiger partial charge in [-0.2, -0.15) is 0 Å². The lowest BCUT2D eigenvalue weighted by Gasteiger charge is -2.29. The lowest BCUT2D eigenvalue weighted by molar-refractivity contribution is 0.0780. The van der Waals surface area contributed by atoms with Gasteiger partial charge in [-0.1, -0.05) is 0 Å². The molecular formula is C18H19N5O3S. The highest BCUT2D eigenvalue weighted by Gasteiger charge is 2.22. The number of pyridine rings is 1. The summed E-state index contributed by atoms with van der Waals surface area (Å²) in [6.07, 6.45) is 1.69. The van der Waals surface area contributed by atoms with E-state index < -0.39 is 0 Å². The van der Waals surface area contributed by atoms with Gasteiger partial charge in [0.15, 0.2) is 0 Å². The molecule has 0 aliphatic carbocycles. The number of fused-ring (bicyclic) bond motifs is 1. The Hall–Kier alpha value is -2.78. The molecule has 1 N–H and O–H groups in total. The van der Waals surface area contributed by atoms with Crippen molar-refractivity contribution in [1.29, 1.82) is 0 Å². The van der Waals surface area contributed by atoms with Gasteiger partial charge in [-0.25, -0.2) is 9.97 Å². The largest absolute Gasteiger partial charge is 0.378 e. The van der Waals surface area contributed by atoms with Crippen LogP contribution >= 0.6 is 11.3 Å². The molecule has 0 bridgehead atoms. The molecule has 3 aromatic heterocycles. The number of nitrogens with zero attached hydrogens (tertiary/aromatic N) is 4. The second-order valence-electron chi connectivity index (χ2n) is 6.28. The third-order valence-corrected chi connectivity index (χ3v) is 5.33. The lowest BCUT2D eigenvalue weighted by atomic mass is 10.2. The number of carbonyl (C=O) groups excluding carboxylic acids is 1. The lowest BCUT2D eigenvalue weighted by Crippen LogP contribution is -2.38. The van der Waals surface area contributed by atoms with E-state index in [9.17, 15) is 9.59 Å². The van der Waals surface area contributed by atoms with Gasteiger partial charge in [-0.05, 0) is 23.6 Å². The minimum absolute atomic E-state index is 0.169. The number of thiophene rings is 1. The molecule has 4 rings (SSSR count). The highest BCUT2D eigenvalue weighted by Crippen LogP contribution is 2.20. The molecule has 1 aliphatic heterocycles. The van der Waals surface area contributed by atoms with Gasteiger partial charge in [-0.3, -0.25) is 9.59 Å². The molecule has 0 saturated carbocycles. The molecule has 4 heterocycles. The van der Waals surface area contributed by atoms with Gasteiger partial charge in [0, 0.05) is 26.3 Å². The summed E-state index contributed by atoms with van der Waals surface area (Å²) < 4.78 is 5.97. The standard InChI is InChI=1S/C18H19N5O3S/c1-22(11-14-20-13-4-10-27-15(13)17(24)21-14)18(25)12-3-2-5-19-16(12)23-6-8-26-9-7-23/h2-5,10H,6-9,11H2,1H3,(H,20,21,24). The van der Waals surface area contributed by atoms with Crippen molar-refractivity contribution in [3.63, 3.8) is 0 Å².